The predicted octanol–water partition coefficient (Wildman–Crippen LogP) is 3.44. The third kappa shape index (κ3) is 9.57. The molecule has 8 heteroatoms. The summed E-state index contributed by atoms with van der Waals surface area (Å²) in [7, 11) is -0.410. The van der Waals surface area contributed by atoms with Crippen LogP contribution in [-0.4, -0.2) is 58.3 Å². The van der Waals surface area contributed by atoms with Crippen LogP contribution in [0.5, 0.6) is 0 Å². The van der Waals surface area contributed by atoms with Gasteiger partial charge in [-0.1, -0.05) is 20.8 Å². The molecule has 0 aromatic carbocycles. The van der Waals surface area contributed by atoms with Gasteiger partial charge in [-0.05, 0) is 59.3 Å². The molecule has 0 spiro atoms. The van der Waals surface area contributed by atoms with E-state index in [0.717, 1.165) is 0 Å². The number of hydrogen-bond acceptors (Lipinski definition) is 6. The van der Waals surface area contributed by atoms with Gasteiger partial charge in [0.05, 0.1) is 12.7 Å². The summed E-state index contributed by atoms with van der Waals surface area (Å²) < 4.78 is 16.9. The Bertz CT molecular complexity index is 483. The normalized spacial score (nSPS) is 15.0. The van der Waals surface area contributed by atoms with Crippen molar-refractivity contribution in [2.24, 2.45) is 0 Å². The number of hydrogen-bond donors (Lipinski definition) is 2. The number of carbonyl (C=O) groups is 2. The summed E-state index contributed by atoms with van der Waals surface area (Å²) in [5, 5.41) is 5.75. The zero-order valence-electron chi connectivity index (χ0n) is 18.8. The van der Waals surface area contributed by atoms with Crippen molar-refractivity contribution in [1.29, 1.82) is 0 Å². The molecule has 0 rings (SSSR count). The topological polar surface area (TPSA) is 85.9 Å². The molecule has 0 heterocycles. The van der Waals surface area contributed by atoms with Crippen molar-refractivity contribution < 1.29 is 23.5 Å². The van der Waals surface area contributed by atoms with E-state index in [9.17, 15) is 9.59 Å². The summed E-state index contributed by atoms with van der Waals surface area (Å²) in [6, 6.07) is -0.598. The van der Waals surface area contributed by atoms with Gasteiger partial charge in [0.1, 0.15) is 11.6 Å². The average Bonchev–Trinajstić information content (AvgIpc) is 2.44. The number of carbonyl (C=O) groups excluding carboxylic acids is 2. The third-order valence-corrected chi connectivity index (χ3v) is 9.08. The minimum atomic E-state index is -2.12. The molecule has 0 saturated carbocycles. The van der Waals surface area contributed by atoms with Crippen LogP contribution < -0.4 is 10.6 Å². The fourth-order valence-corrected chi connectivity index (χ4v) is 3.53. The average molecular weight is 405 g/mol. The van der Waals surface area contributed by atoms with Crippen LogP contribution in [0.4, 0.5) is 4.79 Å². The highest BCUT2D eigenvalue weighted by Crippen LogP contribution is 2.38. The van der Waals surface area contributed by atoms with Gasteiger partial charge in [0.2, 0.25) is 0 Å². The van der Waals surface area contributed by atoms with Crippen LogP contribution >= 0.6 is 0 Å². The second-order valence-electron chi connectivity index (χ2n) is 9.15. The fraction of sp³-hybridized carbons (Fsp3) is 0.895. The van der Waals surface area contributed by atoms with Crippen LogP contribution in [0.3, 0.4) is 0 Å². The first-order valence-electron chi connectivity index (χ1n) is 9.63. The number of alkyl carbamates (subject to hydrolysis) is 1. The number of rotatable bonds is 9. The molecule has 0 unspecified atom stereocenters. The van der Waals surface area contributed by atoms with Crippen molar-refractivity contribution in [3.05, 3.63) is 0 Å². The molecule has 1 amide bonds. The van der Waals surface area contributed by atoms with Gasteiger partial charge in [-0.15, -0.1) is 0 Å². The lowest BCUT2D eigenvalue weighted by Crippen LogP contribution is -2.54. The fourth-order valence-electron chi connectivity index (χ4n) is 2.17. The van der Waals surface area contributed by atoms with Gasteiger partial charge in [-0.3, -0.25) is 4.79 Å². The maximum absolute atomic E-state index is 12.4. The van der Waals surface area contributed by atoms with Gasteiger partial charge >= 0.3 is 12.1 Å². The van der Waals surface area contributed by atoms with Crippen molar-refractivity contribution >= 4 is 20.4 Å². The Hall–Kier alpha value is -1.12. The van der Waals surface area contributed by atoms with Gasteiger partial charge in [0.15, 0.2) is 8.32 Å². The van der Waals surface area contributed by atoms with Crippen LogP contribution in [0, 0.1) is 0 Å². The molecule has 160 valence electrons. The zero-order chi connectivity index (χ0) is 21.5. The summed E-state index contributed by atoms with van der Waals surface area (Å²) in [6.07, 6.45) is -0.425. The van der Waals surface area contributed by atoms with Crippen LogP contribution in [0.2, 0.25) is 18.1 Å². The van der Waals surface area contributed by atoms with E-state index in [0.29, 0.717) is 19.6 Å². The van der Waals surface area contributed by atoms with E-state index in [1.807, 2.05) is 20.8 Å². The molecule has 0 radical (unpaired) electrons. The van der Waals surface area contributed by atoms with Crippen molar-refractivity contribution in [2.75, 3.05) is 20.2 Å². The van der Waals surface area contributed by atoms with Crippen molar-refractivity contribution in [2.45, 2.75) is 90.8 Å². The van der Waals surface area contributed by atoms with Crippen molar-refractivity contribution in [1.82, 2.24) is 10.6 Å². The molecule has 7 nitrogen and oxygen atoms in total. The Kier molecular flexibility index (Phi) is 10.00. The van der Waals surface area contributed by atoms with Crippen molar-refractivity contribution in [3.63, 3.8) is 0 Å². The molecule has 0 aromatic rings. The minimum absolute atomic E-state index is 0.00318. The van der Waals surface area contributed by atoms with Gasteiger partial charge < -0.3 is 24.5 Å². The molecule has 27 heavy (non-hydrogen) atoms. The van der Waals surface area contributed by atoms with E-state index in [-0.39, 0.29) is 11.0 Å². The SMILES string of the molecule is CCOC(=O)[C@H](NC)[C@H](CCNC(=O)OC(C)(C)C)O[Si](C)(C)C(C)(C)C. The third-order valence-electron chi connectivity index (χ3n) is 4.57. The largest absolute Gasteiger partial charge is 0.465 e. The Labute approximate surface area is 166 Å². The van der Waals surface area contributed by atoms with E-state index in [2.05, 4.69) is 44.5 Å². The molecule has 0 aromatic heterocycles. The summed E-state index contributed by atoms with van der Waals surface area (Å²) in [5.41, 5.74) is -0.556. The summed E-state index contributed by atoms with van der Waals surface area (Å²) in [4.78, 5) is 24.3. The van der Waals surface area contributed by atoms with E-state index < -0.39 is 32.2 Å². The Morgan fingerprint density at radius 3 is 2.04 bits per heavy atom. The van der Waals surface area contributed by atoms with Crippen LogP contribution in [0.25, 0.3) is 0 Å². The molecule has 0 bridgehead atoms. The van der Waals surface area contributed by atoms with Crippen LogP contribution in [0.1, 0.15) is 54.9 Å². The second kappa shape index (κ2) is 10.4. The molecule has 0 saturated heterocycles. The maximum atomic E-state index is 12.4. The standard InChI is InChI=1S/C19H40N2O5Si/c1-11-24-16(22)15(20-8)14(26-27(9,10)19(5,6)7)12-13-21-17(23)25-18(2,3)4/h14-15,20H,11-13H2,1-10H3,(H,21,23)/t14-,15+/m0/s1. The molecular formula is C19H40N2O5Si. The number of nitrogens with one attached hydrogen (secondary N) is 2. The van der Waals surface area contributed by atoms with E-state index in [1.54, 1.807) is 14.0 Å². The van der Waals surface area contributed by atoms with E-state index in [1.165, 1.54) is 0 Å². The zero-order valence-corrected chi connectivity index (χ0v) is 19.8. The molecule has 0 fully saturated rings. The Morgan fingerprint density at radius 2 is 1.63 bits per heavy atom. The van der Waals surface area contributed by atoms with Gasteiger partial charge in [-0.25, -0.2) is 4.79 Å². The second-order valence-corrected chi connectivity index (χ2v) is 13.9. The highest BCUT2D eigenvalue weighted by molar-refractivity contribution is 6.74. The van der Waals surface area contributed by atoms with E-state index in [4.69, 9.17) is 13.9 Å². The first-order chi connectivity index (χ1) is 12.1. The Morgan fingerprint density at radius 1 is 1.07 bits per heavy atom. The number of likely N-dealkylation sites (N-methyl/N-ethyl adjacent to an activating group) is 1. The molecule has 0 aliphatic heterocycles. The predicted molar refractivity (Wildman–Crippen MR) is 110 cm³/mol. The molecule has 0 aliphatic rings. The summed E-state index contributed by atoms with van der Waals surface area (Å²) in [5.74, 6) is -0.346. The maximum Gasteiger partial charge on any atom is 0.407 e. The minimum Gasteiger partial charge on any atom is -0.465 e. The van der Waals surface area contributed by atoms with Gasteiger partial charge in [0.25, 0.3) is 0 Å². The van der Waals surface area contributed by atoms with Gasteiger partial charge in [0, 0.05) is 6.54 Å². The lowest BCUT2D eigenvalue weighted by Gasteiger charge is -2.41. The summed E-state index contributed by atoms with van der Waals surface area (Å²) >= 11 is 0. The monoisotopic (exact) mass is 404 g/mol. The molecule has 0 aliphatic carbocycles. The number of esters is 1. The van der Waals surface area contributed by atoms with E-state index >= 15 is 0 Å². The molecule has 2 N–H and O–H groups in total. The van der Waals surface area contributed by atoms with Crippen LogP contribution in [-0.2, 0) is 18.7 Å². The Balaban J connectivity index is 5.18. The highest BCUT2D eigenvalue weighted by atomic mass is 28.4. The van der Waals surface area contributed by atoms with Crippen molar-refractivity contribution in [3.8, 4) is 0 Å². The number of amides is 1. The molecular weight excluding hydrogens is 364 g/mol. The lowest BCUT2D eigenvalue weighted by molar-refractivity contribution is -0.148. The lowest BCUT2D eigenvalue weighted by atomic mass is 10.1. The quantitative estimate of drug-likeness (QED) is 0.452. The first-order valence-corrected chi connectivity index (χ1v) is 12.5. The molecule has 2 atom stereocenters. The summed E-state index contributed by atoms with van der Waals surface area (Å²) in [6.45, 7) is 18.6. The number of ether oxygens (including phenoxy) is 2. The van der Waals surface area contributed by atoms with Gasteiger partial charge in [-0.2, -0.15) is 0 Å². The highest BCUT2D eigenvalue weighted by Gasteiger charge is 2.42. The van der Waals surface area contributed by atoms with Crippen LogP contribution in [0.15, 0.2) is 0 Å². The first kappa shape index (κ1) is 25.9. The smallest absolute Gasteiger partial charge is 0.407 e.